The number of hydrogen-bond donors (Lipinski definition) is 2. The minimum Gasteiger partial charge on any atom is -0.481 e. The Labute approximate surface area is 114 Å². The van der Waals surface area contributed by atoms with Gasteiger partial charge in [0.15, 0.2) is 0 Å². The Morgan fingerprint density at radius 3 is 2.58 bits per heavy atom. The molecular weight excluding hydrogens is 242 g/mol. The third-order valence-electron chi connectivity index (χ3n) is 4.52. The normalized spacial score (nSPS) is 20.3. The Hall–Kier alpha value is -1.07. The maximum atomic E-state index is 10.9. The number of ether oxygens (including phenoxy) is 1. The number of aliphatic hydroxyl groups is 1. The summed E-state index contributed by atoms with van der Waals surface area (Å²) < 4.78 is 7.08. The molecule has 5 nitrogen and oxygen atoms in total. The van der Waals surface area contributed by atoms with Crippen LogP contribution in [0.3, 0.4) is 0 Å². The molecule has 19 heavy (non-hydrogen) atoms. The Kier molecular flexibility index (Phi) is 4.16. The first-order valence-corrected chi connectivity index (χ1v) is 7.01. The zero-order valence-corrected chi connectivity index (χ0v) is 12.1. The van der Waals surface area contributed by atoms with Gasteiger partial charge in [-0.3, -0.25) is 0 Å². The van der Waals surface area contributed by atoms with Gasteiger partial charge in [-0.2, -0.15) is 5.10 Å². The highest BCUT2D eigenvalue weighted by Crippen LogP contribution is 2.47. The third-order valence-corrected chi connectivity index (χ3v) is 4.52. The van der Waals surface area contributed by atoms with Crippen LogP contribution in [0.5, 0.6) is 5.88 Å². The summed E-state index contributed by atoms with van der Waals surface area (Å²) in [5, 5.41) is 15.2. The standard InChI is InChI=1S/C14H25N3O2/c1-10-11(13(19-3)17(2)16-10)12(18)14(9-15)7-5-4-6-8-14/h12,18H,4-9,15H2,1-3H3. The predicted molar refractivity (Wildman–Crippen MR) is 74.0 cm³/mol. The number of aliphatic hydroxyl groups excluding tert-OH is 1. The Bertz CT molecular complexity index is 436. The average Bonchev–Trinajstić information content (AvgIpc) is 2.72. The molecule has 1 atom stereocenters. The summed E-state index contributed by atoms with van der Waals surface area (Å²) in [4.78, 5) is 0. The van der Waals surface area contributed by atoms with Gasteiger partial charge in [0.05, 0.1) is 24.5 Å². The van der Waals surface area contributed by atoms with Crippen molar-refractivity contribution < 1.29 is 9.84 Å². The topological polar surface area (TPSA) is 73.3 Å². The van der Waals surface area contributed by atoms with Crippen molar-refractivity contribution in [2.45, 2.75) is 45.1 Å². The van der Waals surface area contributed by atoms with Crippen LogP contribution in [0, 0.1) is 12.3 Å². The molecule has 108 valence electrons. The Morgan fingerprint density at radius 1 is 1.42 bits per heavy atom. The van der Waals surface area contributed by atoms with Crippen molar-refractivity contribution in [2.24, 2.45) is 18.2 Å². The van der Waals surface area contributed by atoms with E-state index in [9.17, 15) is 5.11 Å². The van der Waals surface area contributed by atoms with E-state index >= 15 is 0 Å². The lowest BCUT2D eigenvalue weighted by Gasteiger charge is -2.40. The minimum absolute atomic E-state index is 0.223. The summed E-state index contributed by atoms with van der Waals surface area (Å²) in [5.74, 6) is 0.642. The van der Waals surface area contributed by atoms with Crippen molar-refractivity contribution in [3.05, 3.63) is 11.3 Å². The molecule has 1 fully saturated rings. The number of rotatable bonds is 4. The van der Waals surface area contributed by atoms with Crippen LogP contribution in [0.1, 0.15) is 49.5 Å². The van der Waals surface area contributed by atoms with E-state index in [1.54, 1.807) is 11.8 Å². The molecule has 1 heterocycles. The second kappa shape index (κ2) is 5.51. The third kappa shape index (κ3) is 2.37. The quantitative estimate of drug-likeness (QED) is 0.870. The van der Waals surface area contributed by atoms with Crippen molar-refractivity contribution >= 4 is 0 Å². The number of methoxy groups -OCH3 is 1. The van der Waals surface area contributed by atoms with Gasteiger partial charge in [-0.25, -0.2) is 4.68 Å². The van der Waals surface area contributed by atoms with Gasteiger partial charge in [0.2, 0.25) is 5.88 Å². The summed E-state index contributed by atoms with van der Waals surface area (Å²) in [6.45, 7) is 2.42. The Balaban J connectivity index is 2.39. The maximum Gasteiger partial charge on any atom is 0.217 e. The second-order valence-electron chi connectivity index (χ2n) is 5.66. The van der Waals surface area contributed by atoms with E-state index in [4.69, 9.17) is 10.5 Å². The van der Waals surface area contributed by atoms with Crippen molar-refractivity contribution in [2.75, 3.05) is 13.7 Å². The highest BCUT2D eigenvalue weighted by molar-refractivity contribution is 5.34. The monoisotopic (exact) mass is 267 g/mol. The van der Waals surface area contributed by atoms with Crippen LogP contribution in [0.2, 0.25) is 0 Å². The van der Waals surface area contributed by atoms with Crippen LogP contribution in [0.15, 0.2) is 0 Å². The van der Waals surface area contributed by atoms with Crippen LogP contribution in [-0.4, -0.2) is 28.5 Å². The molecule has 5 heteroatoms. The number of nitrogens with zero attached hydrogens (tertiary/aromatic N) is 2. The van der Waals surface area contributed by atoms with Gasteiger partial charge < -0.3 is 15.6 Å². The highest BCUT2D eigenvalue weighted by Gasteiger charge is 2.41. The lowest BCUT2D eigenvalue weighted by molar-refractivity contribution is -0.00123. The van der Waals surface area contributed by atoms with Crippen LogP contribution >= 0.6 is 0 Å². The molecule has 1 aromatic rings. The van der Waals surface area contributed by atoms with Gasteiger partial charge in [-0.05, 0) is 19.8 Å². The van der Waals surface area contributed by atoms with Crippen molar-refractivity contribution in [1.29, 1.82) is 0 Å². The zero-order valence-electron chi connectivity index (χ0n) is 12.1. The van der Waals surface area contributed by atoms with E-state index < -0.39 is 6.10 Å². The van der Waals surface area contributed by atoms with Gasteiger partial charge >= 0.3 is 0 Å². The average molecular weight is 267 g/mol. The zero-order chi connectivity index (χ0) is 14.0. The molecule has 1 aliphatic carbocycles. The SMILES string of the molecule is COc1c(C(O)C2(CN)CCCCC2)c(C)nn1C. The lowest BCUT2D eigenvalue weighted by Crippen LogP contribution is -2.38. The minimum atomic E-state index is -0.596. The number of aromatic nitrogens is 2. The number of aryl methyl sites for hydroxylation is 2. The summed E-state index contributed by atoms with van der Waals surface area (Å²) in [5.41, 5.74) is 7.40. The number of hydrogen-bond acceptors (Lipinski definition) is 4. The van der Waals surface area contributed by atoms with Gasteiger partial charge in [-0.15, -0.1) is 0 Å². The molecule has 1 aromatic heterocycles. The van der Waals surface area contributed by atoms with Gasteiger partial charge in [-0.1, -0.05) is 19.3 Å². The summed E-state index contributed by atoms with van der Waals surface area (Å²) in [7, 11) is 3.45. The van der Waals surface area contributed by atoms with Crippen molar-refractivity contribution in [1.82, 2.24) is 9.78 Å². The van der Waals surface area contributed by atoms with E-state index in [0.717, 1.165) is 36.9 Å². The molecule has 0 aromatic carbocycles. The summed E-state index contributed by atoms with van der Waals surface area (Å²) in [6.07, 6.45) is 4.86. The largest absolute Gasteiger partial charge is 0.481 e. The molecule has 0 aliphatic heterocycles. The van der Waals surface area contributed by atoms with Crippen LogP contribution in [0.25, 0.3) is 0 Å². The fourth-order valence-corrected chi connectivity index (χ4v) is 3.36. The second-order valence-corrected chi connectivity index (χ2v) is 5.66. The Morgan fingerprint density at radius 2 is 2.05 bits per heavy atom. The molecule has 2 rings (SSSR count). The molecule has 0 spiro atoms. The molecule has 0 saturated heterocycles. The van der Waals surface area contributed by atoms with Gasteiger partial charge in [0, 0.05) is 19.0 Å². The number of nitrogens with two attached hydrogens (primary N) is 1. The summed E-state index contributed by atoms with van der Waals surface area (Å²) in [6, 6.07) is 0. The van der Waals surface area contributed by atoms with Crippen LogP contribution < -0.4 is 10.5 Å². The first-order valence-electron chi connectivity index (χ1n) is 7.01. The lowest BCUT2D eigenvalue weighted by atomic mass is 9.68. The molecular formula is C14H25N3O2. The fourth-order valence-electron chi connectivity index (χ4n) is 3.36. The maximum absolute atomic E-state index is 10.9. The van der Waals surface area contributed by atoms with E-state index in [1.807, 2.05) is 14.0 Å². The van der Waals surface area contributed by atoms with Crippen LogP contribution in [0.4, 0.5) is 0 Å². The van der Waals surface area contributed by atoms with Crippen LogP contribution in [-0.2, 0) is 7.05 Å². The molecule has 0 bridgehead atoms. The fraction of sp³-hybridized carbons (Fsp3) is 0.786. The highest BCUT2D eigenvalue weighted by atomic mass is 16.5. The molecule has 1 saturated carbocycles. The van der Waals surface area contributed by atoms with Crippen molar-refractivity contribution in [3.63, 3.8) is 0 Å². The molecule has 3 N–H and O–H groups in total. The van der Waals surface area contributed by atoms with E-state index in [1.165, 1.54) is 6.42 Å². The first-order chi connectivity index (χ1) is 9.05. The summed E-state index contributed by atoms with van der Waals surface area (Å²) >= 11 is 0. The molecule has 0 radical (unpaired) electrons. The molecule has 0 amide bonds. The van der Waals surface area contributed by atoms with Gasteiger partial charge in [0.1, 0.15) is 0 Å². The molecule has 1 aliphatic rings. The van der Waals surface area contributed by atoms with Gasteiger partial charge in [0.25, 0.3) is 0 Å². The van der Waals surface area contributed by atoms with Crippen molar-refractivity contribution in [3.8, 4) is 5.88 Å². The molecule has 1 unspecified atom stereocenters. The van der Waals surface area contributed by atoms with E-state index in [2.05, 4.69) is 5.10 Å². The first kappa shape index (κ1) is 14.3. The smallest absolute Gasteiger partial charge is 0.217 e. The van der Waals surface area contributed by atoms with E-state index in [-0.39, 0.29) is 5.41 Å². The predicted octanol–water partition coefficient (Wildman–Crippen LogP) is 1.68. The van der Waals surface area contributed by atoms with E-state index in [0.29, 0.717) is 12.4 Å².